The van der Waals surface area contributed by atoms with Crippen LogP contribution in [0.1, 0.15) is 17.0 Å². The average Bonchev–Trinajstić information content (AvgIpc) is 3.50. The van der Waals surface area contributed by atoms with Gasteiger partial charge in [-0.1, -0.05) is 127 Å². The van der Waals surface area contributed by atoms with Gasteiger partial charge in [-0.15, -0.1) is 0 Å². The number of aromatic nitrogens is 3. The molecule has 2 aromatic heterocycles. The number of para-hydroxylation sites is 1. The van der Waals surface area contributed by atoms with E-state index in [9.17, 15) is 0 Å². The van der Waals surface area contributed by atoms with Crippen LogP contribution >= 0.6 is 0 Å². The van der Waals surface area contributed by atoms with Crippen LogP contribution in [0.4, 0.5) is 0 Å². The summed E-state index contributed by atoms with van der Waals surface area (Å²) in [6.07, 6.45) is 13.5. The Balaban J connectivity index is 1.28. The lowest BCUT2D eigenvalue weighted by molar-refractivity contribution is 0.669. The summed E-state index contributed by atoms with van der Waals surface area (Å²) in [5.74, 6) is 2.66. The fourth-order valence-electron chi connectivity index (χ4n) is 6.66. The van der Waals surface area contributed by atoms with Crippen LogP contribution in [0.25, 0.3) is 73.3 Å². The van der Waals surface area contributed by atoms with Crippen LogP contribution in [0.2, 0.25) is 0 Å². The first-order chi connectivity index (χ1) is 22.3. The van der Waals surface area contributed by atoms with Crippen molar-refractivity contribution in [3.63, 3.8) is 0 Å². The SMILES string of the molecule is C1=CC2C=Cc3cc(-c4cc(-c5nc(-c6ccccc6)nc(-c6ccccc6)n5)c5c(c4)oc4ccccc45)ccc3C2C=C1. The molecule has 4 heteroatoms. The molecule has 0 amide bonds. The Morgan fingerprint density at radius 2 is 1.20 bits per heavy atom. The molecule has 0 aliphatic heterocycles. The van der Waals surface area contributed by atoms with Crippen molar-refractivity contribution < 1.29 is 4.42 Å². The Labute approximate surface area is 260 Å². The summed E-state index contributed by atoms with van der Waals surface area (Å²) < 4.78 is 6.49. The summed E-state index contributed by atoms with van der Waals surface area (Å²) in [5, 5.41) is 2.03. The number of furan rings is 1. The van der Waals surface area contributed by atoms with Crippen LogP contribution in [0.3, 0.4) is 0 Å². The highest BCUT2D eigenvalue weighted by Gasteiger charge is 2.25. The summed E-state index contributed by atoms with van der Waals surface area (Å²) >= 11 is 0. The summed E-state index contributed by atoms with van der Waals surface area (Å²) in [7, 11) is 0. The molecule has 0 saturated carbocycles. The van der Waals surface area contributed by atoms with E-state index in [0.29, 0.717) is 29.3 Å². The number of hydrogen-bond donors (Lipinski definition) is 0. The van der Waals surface area contributed by atoms with Gasteiger partial charge in [-0.3, -0.25) is 0 Å². The Morgan fingerprint density at radius 3 is 1.98 bits per heavy atom. The minimum atomic E-state index is 0.371. The molecule has 0 saturated heterocycles. The maximum atomic E-state index is 6.49. The van der Waals surface area contributed by atoms with Gasteiger partial charge >= 0.3 is 0 Å². The van der Waals surface area contributed by atoms with Crippen LogP contribution in [-0.2, 0) is 0 Å². The second kappa shape index (κ2) is 10.4. The Kier molecular flexibility index (Phi) is 5.91. The third-order valence-corrected chi connectivity index (χ3v) is 8.87. The Morgan fingerprint density at radius 1 is 0.511 bits per heavy atom. The summed E-state index contributed by atoms with van der Waals surface area (Å²) in [6, 6.07) is 39.5. The van der Waals surface area contributed by atoms with Crippen molar-refractivity contribution in [3.8, 4) is 45.3 Å². The lowest BCUT2D eigenvalue weighted by atomic mass is 9.76. The molecule has 9 rings (SSSR count). The molecule has 0 spiro atoms. The molecule has 0 fully saturated rings. The normalized spacial score (nSPS) is 16.6. The second-order valence-corrected chi connectivity index (χ2v) is 11.6. The molecule has 4 nitrogen and oxygen atoms in total. The van der Waals surface area contributed by atoms with E-state index in [1.165, 1.54) is 11.1 Å². The van der Waals surface area contributed by atoms with Crippen molar-refractivity contribution in [1.82, 2.24) is 15.0 Å². The highest BCUT2D eigenvalue weighted by Crippen LogP contribution is 2.42. The van der Waals surface area contributed by atoms with Crippen LogP contribution in [0.5, 0.6) is 0 Å². The first kappa shape index (κ1) is 25.6. The van der Waals surface area contributed by atoms with Crippen LogP contribution in [0, 0.1) is 5.92 Å². The molecule has 2 aliphatic carbocycles. The van der Waals surface area contributed by atoms with Crippen LogP contribution in [0.15, 0.2) is 150 Å². The number of allylic oxidation sites excluding steroid dienone is 5. The molecule has 0 radical (unpaired) electrons. The summed E-state index contributed by atoms with van der Waals surface area (Å²) in [4.78, 5) is 15.1. The number of fused-ring (bicyclic) bond motifs is 6. The summed E-state index contributed by atoms with van der Waals surface area (Å²) in [6.45, 7) is 0. The highest BCUT2D eigenvalue weighted by molar-refractivity contribution is 6.13. The van der Waals surface area contributed by atoms with E-state index in [4.69, 9.17) is 19.4 Å². The standard InChI is InChI=1S/C41H27N3O/c1-3-12-27(13-4-1)39-42-40(28-14-5-2-6-15-28)44-41(43-39)35-24-31(25-37-38(35)34-17-9-10-18-36(34)45-37)29-21-22-33-30(23-29)20-19-26-11-7-8-16-32(26)33/h1-26,32H. The van der Waals surface area contributed by atoms with Crippen molar-refractivity contribution in [1.29, 1.82) is 0 Å². The largest absolute Gasteiger partial charge is 0.456 e. The molecule has 2 atom stereocenters. The van der Waals surface area contributed by atoms with Crippen LogP contribution in [-0.4, -0.2) is 15.0 Å². The number of benzene rings is 5. The predicted octanol–water partition coefficient (Wildman–Crippen LogP) is 10.3. The molecular formula is C41H27N3O. The molecule has 0 bridgehead atoms. The van der Waals surface area contributed by atoms with Crippen molar-refractivity contribution in [2.45, 2.75) is 5.92 Å². The third-order valence-electron chi connectivity index (χ3n) is 8.87. The predicted molar refractivity (Wildman–Crippen MR) is 182 cm³/mol. The van der Waals surface area contributed by atoms with E-state index in [1.54, 1.807) is 0 Å². The van der Waals surface area contributed by atoms with Gasteiger partial charge in [0.2, 0.25) is 0 Å². The molecule has 2 aliphatic rings. The van der Waals surface area contributed by atoms with Gasteiger partial charge in [-0.25, -0.2) is 15.0 Å². The molecule has 7 aromatic rings. The van der Waals surface area contributed by atoms with E-state index < -0.39 is 0 Å². The van der Waals surface area contributed by atoms with Gasteiger partial charge in [0.25, 0.3) is 0 Å². The number of hydrogen-bond acceptors (Lipinski definition) is 4. The van der Waals surface area contributed by atoms with Gasteiger partial charge < -0.3 is 4.42 Å². The van der Waals surface area contributed by atoms with Gasteiger partial charge in [0.05, 0.1) is 0 Å². The van der Waals surface area contributed by atoms with Crippen molar-refractivity contribution >= 4 is 28.0 Å². The lowest BCUT2D eigenvalue weighted by Crippen LogP contribution is -2.13. The van der Waals surface area contributed by atoms with Gasteiger partial charge in [-0.2, -0.15) is 0 Å². The second-order valence-electron chi connectivity index (χ2n) is 11.6. The van der Waals surface area contributed by atoms with Gasteiger partial charge in [0.1, 0.15) is 11.2 Å². The monoisotopic (exact) mass is 577 g/mol. The van der Waals surface area contributed by atoms with E-state index >= 15 is 0 Å². The zero-order chi connectivity index (χ0) is 29.7. The van der Waals surface area contributed by atoms with Gasteiger partial charge in [0.15, 0.2) is 17.5 Å². The molecule has 45 heavy (non-hydrogen) atoms. The summed E-state index contributed by atoms with van der Waals surface area (Å²) in [5.41, 5.74) is 9.21. The van der Waals surface area contributed by atoms with Crippen molar-refractivity contribution in [3.05, 3.63) is 157 Å². The fourth-order valence-corrected chi connectivity index (χ4v) is 6.66. The quantitative estimate of drug-likeness (QED) is 0.209. The topological polar surface area (TPSA) is 51.8 Å². The van der Waals surface area contributed by atoms with Crippen LogP contribution < -0.4 is 0 Å². The maximum absolute atomic E-state index is 6.49. The minimum absolute atomic E-state index is 0.371. The number of rotatable bonds is 4. The van der Waals surface area contributed by atoms with Gasteiger partial charge in [-0.05, 0) is 46.5 Å². The van der Waals surface area contributed by atoms with Crippen molar-refractivity contribution in [2.24, 2.45) is 5.92 Å². The Bertz CT molecular complexity index is 2270. The zero-order valence-corrected chi connectivity index (χ0v) is 24.3. The molecule has 5 aromatic carbocycles. The van der Waals surface area contributed by atoms with E-state index in [2.05, 4.69) is 72.9 Å². The molecular weight excluding hydrogens is 550 g/mol. The highest BCUT2D eigenvalue weighted by atomic mass is 16.3. The first-order valence-electron chi connectivity index (χ1n) is 15.3. The number of nitrogens with zero attached hydrogens (tertiary/aromatic N) is 3. The van der Waals surface area contributed by atoms with E-state index in [0.717, 1.165) is 49.8 Å². The van der Waals surface area contributed by atoms with E-state index in [1.807, 2.05) is 78.9 Å². The van der Waals surface area contributed by atoms with Crippen molar-refractivity contribution in [2.75, 3.05) is 0 Å². The fraction of sp³-hybridized carbons (Fsp3) is 0.0488. The molecule has 212 valence electrons. The molecule has 2 heterocycles. The maximum Gasteiger partial charge on any atom is 0.164 e. The minimum Gasteiger partial charge on any atom is -0.456 e. The molecule has 2 unspecified atom stereocenters. The zero-order valence-electron chi connectivity index (χ0n) is 24.3. The lowest BCUT2D eigenvalue weighted by Gasteiger charge is -2.27. The smallest absolute Gasteiger partial charge is 0.164 e. The first-order valence-corrected chi connectivity index (χ1v) is 15.3. The third kappa shape index (κ3) is 4.42. The molecule has 0 N–H and O–H groups in total. The van der Waals surface area contributed by atoms with Gasteiger partial charge in [0, 0.05) is 39.3 Å². The van der Waals surface area contributed by atoms with E-state index in [-0.39, 0.29) is 0 Å². The Hall–Kier alpha value is -5.87. The average molecular weight is 578 g/mol.